The third-order valence-electron chi connectivity index (χ3n) is 4.67. The van der Waals surface area contributed by atoms with Gasteiger partial charge in [0.15, 0.2) is 0 Å². The molecule has 0 spiro atoms. The number of hydrogen-bond donors (Lipinski definition) is 1. The summed E-state index contributed by atoms with van der Waals surface area (Å²) in [5, 5.41) is 7.34. The number of nitrogens with zero attached hydrogens (tertiary/aromatic N) is 2. The fourth-order valence-electron chi connectivity index (χ4n) is 3.07. The molecule has 7 heteroatoms. The van der Waals surface area contributed by atoms with Crippen LogP contribution in [-0.4, -0.2) is 28.8 Å². The number of aromatic nitrogens is 2. The van der Waals surface area contributed by atoms with E-state index < -0.39 is 5.97 Å². The lowest BCUT2D eigenvalue weighted by atomic mass is 10.1. The SMILES string of the molecule is COC(=O)c1ccccc1Cn1nc(C)c(NC(=O)/C=C/c2ccc(F)cc2)c1C. The molecule has 154 valence electrons. The van der Waals surface area contributed by atoms with Crippen LogP contribution in [0.25, 0.3) is 6.08 Å². The van der Waals surface area contributed by atoms with Crippen molar-refractivity contribution in [2.24, 2.45) is 0 Å². The molecule has 30 heavy (non-hydrogen) atoms. The average Bonchev–Trinajstić information content (AvgIpc) is 3.00. The van der Waals surface area contributed by atoms with Crippen molar-refractivity contribution in [2.75, 3.05) is 12.4 Å². The van der Waals surface area contributed by atoms with Gasteiger partial charge in [-0.15, -0.1) is 0 Å². The first-order valence-electron chi connectivity index (χ1n) is 9.34. The zero-order valence-electron chi connectivity index (χ0n) is 17.0. The Morgan fingerprint density at radius 2 is 1.83 bits per heavy atom. The average molecular weight is 407 g/mol. The van der Waals surface area contributed by atoms with E-state index in [1.807, 2.05) is 19.1 Å². The molecular weight excluding hydrogens is 385 g/mol. The quantitative estimate of drug-likeness (QED) is 0.493. The predicted molar refractivity (Wildman–Crippen MR) is 113 cm³/mol. The molecule has 1 heterocycles. The Balaban J connectivity index is 1.77. The molecule has 6 nitrogen and oxygen atoms in total. The lowest BCUT2D eigenvalue weighted by Crippen LogP contribution is -2.12. The first-order valence-corrected chi connectivity index (χ1v) is 9.34. The summed E-state index contributed by atoms with van der Waals surface area (Å²) in [4.78, 5) is 24.3. The highest BCUT2D eigenvalue weighted by Gasteiger charge is 2.16. The molecule has 2 aromatic carbocycles. The normalized spacial score (nSPS) is 10.9. The Morgan fingerprint density at radius 1 is 1.13 bits per heavy atom. The number of carbonyl (C=O) groups excluding carboxylic acids is 2. The fraction of sp³-hybridized carbons (Fsp3) is 0.174. The summed E-state index contributed by atoms with van der Waals surface area (Å²) in [5.41, 5.74) is 3.99. The van der Waals surface area contributed by atoms with E-state index in [2.05, 4.69) is 10.4 Å². The second kappa shape index (κ2) is 9.17. The minimum atomic E-state index is -0.411. The van der Waals surface area contributed by atoms with Crippen LogP contribution >= 0.6 is 0 Å². The Kier molecular flexibility index (Phi) is 6.41. The number of carbonyl (C=O) groups is 2. The maximum Gasteiger partial charge on any atom is 0.338 e. The van der Waals surface area contributed by atoms with Gasteiger partial charge >= 0.3 is 5.97 Å². The van der Waals surface area contributed by atoms with Gasteiger partial charge in [0.2, 0.25) is 5.91 Å². The van der Waals surface area contributed by atoms with Gasteiger partial charge in [0, 0.05) is 6.08 Å². The molecule has 0 saturated carbocycles. The molecule has 0 aliphatic rings. The molecule has 3 aromatic rings. The van der Waals surface area contributed by atoms with Crippen LogP contribution in [0.3, 0.4) is 0 Å². The van der Waals surface area contributed by atoms with Crippen LogP contribution in [0.2, 0.25) is 0 Å². The molecule has 0 aliphatic heterocycles. The maximum atomic E-state index is 13.0. The third-order valence-corrected chi connectivity index (χ3v) is 4.67. The highest BCUT2D eigenvalue weighted by molar-refractivity contribution is 6.02. The van der Waals surface area contributed by atoms with Crippen molar-refractivity contribution >= 4 is 23.6 Å². The molecule has 0 atom stereocenters. The number of aryl methyl sites for hydroxylation is 1. The van der Waals surface area contributed by atoms with E-state index in [1.54, 1.807) is 41.9 Å². The molecule has 1 aromatic heterocycles. The van der Waals surface area contributed by atoms with Crippen molar-refractivity contribution in [3.63, 3.8) is 0 Å². The lowest BCUT2D eigenvalue weighted by molar-refractivity contribution is -0.111. The van der Waals surface area contributed by atoms with Gasteiger partial charge in [-0.05, 0) is 49.2 Å². The summed E-state index contributed by atoms with van der Waals surface area (Å²) in [6.45, 7) is 4.01. The zero-order chi connectivity index (χ0) is 21.7. The number of nitrogens with one attached hydrogen (secondary N) is 1. The molecule has 0 fully saturated rings. The molecule has 0 saturated heterocycles. The van der Waals surface area contributed by atoms with Gasteiger partial charge in [-0.1, -0.05) is 30.3 Å². The number of rotatable bonds is 6. The van der Waals surface area contributed by atoms with Crippen LogP contribution in [-0.2, 0) is 16.1 Å². The smallest absolute Gasteiger partial charge is 0.338 e. The number of ether oxygens (including phenoxy) is 1. The lowest BCUT2D eigenvalue weighted by Gasteiger charge is -2.10. The molecule has 0 bridgehead atoms. The number of anilines is 1. The standard InChI is InChI=1S/C23H22FN3O3/c1-15-22(25-21(28)13-10-17-8-11-19(24)12-9-17)16(2)27(26-15)14-18-6-4-5-7-20(18)23(29)30-3/h4-13H,14H2,1-3H3,(H,25,28)/b13-10+. The number of hydrogen-bond acceptors (Lipinski definition) is 4. The monoisotopic (exact) mass is 407 g/mol. The van der Waals surface area contributed by atoms with Crippen LogP contribution < -0.4 is 5.32 Å². The first-order chi connectivity index (χ1) is 14.4. The second-order valence-electron chi connectivity index (χ2n) is 6.73. The van der Waals surface area contributed by atoms with Crippen molar-refractivity contribution in [1.29, 1.82) is 0 Å². The van der Waals surface area contributed by atoms with E-state index in [9.17, 15) is 14.0 Å². The van der Waals surface area contributed by atoms with Crippen LogP contribution in [0.4, 0.5) is 10.1 Å². The van der Waals surface area contributed by atoms with Gasteiger partial charge in [-0.2, -0.15) is 5.10 Å². The molecular formula is C23H22FN3O3. The predicted octanol–water partition coefficient (Wildman–Crippen LogP) is 4.13. The van der Waals surface area contributed by atoms with Gasteiger partial charge < -0.3 is 10.1 Å². The minimum absolute atomic E-state index is 0.319. The summed E-state index contributed by atoms with van der Waals surface area (Å²) >= 11 is 0. The highest BCUT2D eigenvalue weighted by atomic mass is 19.1. The number of halogens is 1. The number of benzene rings is 2. The summed E-state index contributed by atoms with van der Waals surface area (Å²) in [7, 11) is 1.34. The largest absolute Gasteiger partial charge is 0.465 e. The number of esters is 1. The highest BCUT2D eigenvalue weighted by Crippen LogP contribution is 2.22. The Bertz CT molecular complexity index is 1100. The molecule has 3 rings (SSSR count). The minimum Gasteiger partial charge on any atom is -0.465 e. The maximum absolute atomic E-state index is 13.0. The van der Waals surface area contributed by atoms with Crippen molar-refractivity contribution in [2.45, 2.75) is 20.4 Å². The Labute approximate surface area is 174 Å². The van der Waals surface area contributed by atoms with Crippen molar-refractivity contribution in [3.8, 4) is 0 Å². The van der Waals surface area contributed by atoms with E-state index in [-0.39, 0.29) is 11.7 Å². The van der Waals surface area contributed by atoms with E-state index in [4.69, 9.17) is 4.74 Å². The zero-order valence-corrected chi connectivity index (χ0v) is 17.0. The van der Waals surface area contributed by atoms with Crippen molar-refractivity contribution < 1.29 is 18.7 Å². The van der Waals surface area contributed by atoms with Crippen LogP contribution in [0.15, 0.2) is 54.6 Å². The summed E-state index contributed by atoms with van der Waals surface area (Å²) in [5.74, 6) is -1.06. The first kappa shape index (κ1) is 21.0. The van der Waals surface area contributed by atoms with Crippen LogP contribution in [0, 0.1) is 19.7 Å². The van der Waals surface area contributed by atoms with E-state index in [0.29, 0.717) is 23.5 Å². The number of amides is 1. The second-order valence-corrected chi connectivity index (χ2v) is 6.73. The number of methoxy groups -OCH3 is 1. The molecule has 0 aliphatic carbocycles. The van der Waals surface area contributed by atoms with Gasteiger partial charge in [0.1, 0.15) is 5.82 Å². The van der Waals surface area contributed by atoms with Crippen LogP contribution in [0.5, 0.6) is 0 Å². The van der Waals surface area contributed by atoms with Gasteiger partial charge in [0.05, 0.1) is 36.3 Å². The van der Waals surface area contributed by atoms with Crippen LogP contribution in [0.1, 0.15) is 32.9 Å². The van der Waals surface area contributed by atoms with Gasteiger partial charge in [0.25, 0.3) is 0 Å². The molecule has 0 radical (unpaired) electrons. The topological polar surface area (TPSA) is 73.2 Å². The Morgan fingerprint density at radius 3 is 2.53 bits per heavy atom. The van der Waals surface area contributed by atoms with Crippen molar-refractivity contribution in [3.05, 3.63) is 88.5 Å². The molecule has 0 unspecified atom stereocenters. The van der Waals surface area contributed by atoms with Gasteiger partial charge in [-0.3, -0.25) is 9.48 Å². The van der Waals surface area contributed by atoms with E-state index in [0.717, 1.165) is 16.8 Å². The van der Waals surface area contributed by atoms with Crippen molar-refractivity contribution in [1.82, 2.24) is 9.78 Å². The van der Waals surface area contributed by atoms with E-state index in [1.165, 1.54) is 25.3 Å². The van der Waals surface area contributed by atoms with Gasteiger partial charge in [-0.25, -0.2) is 9.18 Å². The molecule has 1 amide bonds. The van der Waals surface area contributed by atoms with E-state index >= 15 is 0 Å². The fourth-order valence-corrected chi connectivity index (χ4v) is 3.07. The Hall–Kier alpha value is -3.74. The third kappa shape index (κ3) is 4.81. The molecule has 1 N–H and O–H groups in total. The summed E-state index contributed by atoms with van der Waals surface area (Å²) < 4.78 is 19.5. The summed E-state index contributed by atoms with van der Waals surface area (Å²) in [6.07, 6.45) is 2.99. The summed E-state index contributed by atoms with van der Waals surface area (Å²) in [6, 6.07) is 13.0.